The maximum Gasteiger partial charge on any atom is 0.222 e. The van der Waals surface area contributed by atoms with Gasteiger partial charge in [-0.3, -0.25) is 14.6 Å². The van der Waals surface area contributed by atoms with Gasteiger partial charge >= 0.3 is 0 Å². The van der Waals surface area contributed by atoms with Crippen molar-refractivity contribution >= 4 is 11.8 Å². The second-order valence-electron chi connectivity index (χ2n) is 7.61. The zero-order chi connectivity index (χ0) is 18.8. The van der Waals surface area contributed by atoms with Crippen molar-refractivity contribution in [3.63, 3.8) is 0 Å². The number of aryl methyl sites for hydroxylation is 1. The Bertz CT molecular complexity index is 809. The molecule has 2 saturated heterocycles. The van der Waals surface area contributed by atoms with E-state index < -0.39 is 0 Å². The molecule has 3 atom stereocenters. The van der Waals surface area contributed by atoms with Crippen molar-refractivity contribution in [2.24, 2.45) is 11.8 Å². The molecule has 4 rings (SSSR count). The predicted octanol–water partition coefficient (Wildman–Crippen LogP) is 2.69. The maximum absolute atomic E-state index is 12.7. The zero-order valence-corrected chi connectivity index (χ0v) is 15.6. The lowest BCUT2D eigenvalue weighted by Crippen LogP contribution is -2.36. The van der Waals surface area contributed by atoms with Crippen molar-refractivity contribution in [2.75, 3.05) is 19.6 Å². The highest BCUT2D eigenvalue weighted by Crippen LogP contribution is 2.45. The van der Waals surface area contributed by atoms with Gasteiger partial charge in [0.15, 0.2) is 0 Å². The predicted molar refractivity (Wildman–Crippen MR) is 103 cm³/mol. The van der Waals surface area contributed by atoms with Gasteiger partial charge in [-0.05, 0) is 29.7 Å². The lowest BCUT2D eigenvalue weighted by Gasteiger charge is -2.29. The summed E-state index contributed by atoms with van der Waals surface area (Å²) in [6.07, 6.45) is 4.80. The summed E-state index contributed by atoms with van der Waals surface area (Å²) >= 11 is 0. The molecule has 0 unspecified atom stereocenters. The Morgan fingerprint density at radius 1 is 1.04 bits per heavy atom. The van der Waals surface area contributed by atoms with E-state index in [9.17, 15) is 9.59 Å². The number of likely N-dealkylation sites (tertiary alicyclic amines) is 2. The van der Waals surface area contributed by atoms with Crippen LogP contribution in [0.2, 0.25) is 0 Å². The topological polar surface area (TPSA) is 53.5 Å². The Hall–Kier alpha value is -2.69. The van der Waals surface area contributed by atoms with Crippen molar-refractivity contribution in [1.82, 2.24) is 14.8 Å². The van der Waals surface area contributed by atoms with Gasteiger partial charge < -0.3 is 9.80 Å². The van der Waals surface area contributed by atoms with E-state index >= 15 is 0 Å². The number of carbonyl (C=O) groups excluding carboxylic acids is 2. The molecule has 2 fully saturated rings. The molecule has 2 amide bonds. The van der Waals surface area contributed by atoms with Crippen LogP contribution >= 0.6 is 0 Å². The van der Waals surface area contributed by atoms with Crippen LogP contribution in [0.5, 0.6) is 0 Å². The number of benzene rings is 1. The minimum atomic E-state index is 0.0756. The summed E-state index contributed by atoms with van der Waals surface area (Å²) < 4.78 is 0. The first-order chi connectivity index (χ1) is 13.1. The first kappa shape index (κ1) is 17.7. The second kappa shape index (κ2) is 7.51. The quantitative estimate of drug-likeness (QED) is 0.839. The van der Waals surface area contributed by atoms with Gasteiger partial charge in [-0.2, -0.15) is 0 Å². The Morgan fingerprint density at radius 2 is 1.78 bits per heavy atom. The van der Waals surface area contributed by atoms with Gasteiger partial charge in [-0.25, -0.2) is 0 Å². The normalized spacial score (nSPS) is 24.1. The summed E-state index contributed by atoms with van der Waals surface area (Å²) in [6.45, 7) is 3.89. The number of nitrogens with zero attached hydrogens (tertiary/aromatic N) is 3. The van der Waals surface area contributed by atoms with Crippen molar-refractivity contribution in [2.45, 2.75) is 25.8 Å². The van der Waals surface area contributed by atoms with Crippen molar-refractivity contribution in [3.05, 3.63) is 66.0 Å². The van der Waals surface area contributed by atoms with Crippen molar-refractivity contribution in [3.8, 4) is 0 Å². The summed E-state index contributed by atoms with van der Waals surface area (Å²) in [5, 5.41) is 0. The SMILES string of the molecule is CC(=O)N1C[C@H]2CN(C(=O)CCc3ccncc3)C[C@H]2[C@@H]1c1ccccc1. The van der Waals surface area contributed by atoms with Crippen LogP contribution in [0.4, 0.5) is 0 Å². The number of fused-ring (bicyclic) bond motifs is 1. The minimum Gasteiger partial charge on any atom is -0.342 e. The Morgan fingerprint density at radius 3 is 2.48 bits per heavy atom. The largest absolute Gasteiger partial charge is 0.342 e. The highest BCUT2D eigenvalue weighted by Gasteiger charge is 2.49. The molecule has 0 radical (unpaired) electrons. The molecular weight excluding hydrogens is 338 g/mol. The third kappa shape index (κ3) is 3.59. The van der Waals surface area contributed by atoms with Crippen LogP contribution in [0.25, 0.3) is 0 Å². The van der Waals surface area contributed by atoms with Gasteiger partial charge in [0.25, 0.3) is 0 Å². The van der Waals surface area contributed by atoms with E-state index in [2.05, 4.69) is 17.1 Å². The number of hydrogen-bond donors (Lipinski definition) is 0. The molecule has 5 heteroatoms. The van der Waals surface area contributed by atoms with E-state index in [-0.39, 0.29) is 17.9 Å². The Labute approximate surface area is 160 Å². The molecule has 0 spiro atoms. The Balaban J connectivity index is 1.44. The smallest absolute Gasteiger partial charge is 0.222 e. The van der Waals surface area contributed by atoms with E-state index in [0.29, 0.717) is 18.3 Å². The molecule has 0 saturated carbocycles. The van der Waals surface area contributed by atoms with Gasteiger partial charge in [0.2, 0.25) is 11.8 Å². The average molecular weight is 363 g/mol. The van der Waals surface area contributed by atoms with Crippen LogP contribution in [0, 0.1) is 11.8 Å². The van der Waals surface area contributed by atoms with Crippen LogP contribution in [-0.2, 0) is 16.0 Å². The summed E-state index contributed by atoms with van der Waals surface area (Å²) in [6, 6.07) is 14.2. The highest BCUT2D eigenvalue weighted by atomic mass is 16.2. The van der Waals surface area contributed by atoms with Gasteiger partial charge in [-0.15, -0.1) is 0 Å². The second-order valence-corrected chi connectivity index (χ2v) is 7.61. The molecule has 1 aromatic heterocycles. The minimum absolute atomic E-state index is 0.0756. The number of carbonyl (C=O) groups is 2. The fourth-order valence-corrected chi connectivity index (χ4v) is 4.61. The summed E-state index contributed by atoms with van der Waals surface area (Å²) in [5.41, 5.74) is 2.31. The van der Waals surface area contributed by atoms with Gasteiger partial charge in [0.1, 0.15) is 0 Å². The molecule has 0 N–H and O–H groups in total. The number of aromatic nitrogens is 1. The molecule has 140 valence electrons. The van der Waals surface area contributed by atoms with Gasteiger partial charge in [-0.1, -0.05) is 30.3 Å². The first-order valence-electron chi connectivity index (χ1n) is 9.62. The molecule has 0 aliphatic carbocycles. The average Bonchev–Trinajstić information content (AvgIpc) is 3.25. The lowest BCUT2D eigenvalue weighted by atomic mass is 9.89. The van der Waals surface area contributed by atoms with Crippen LogP contribution in [-0.4, -0.2) is 46.2 Å². The third-order valence-electron chi connectivity index (χ3n) is 5.94. The monoisotopic (exact) mass is 363 g/mol. The first-order valence-corrected chi connectivity index (χ1v) is 9.62. The maximum atomic E-state index is 12.7. The van der Waals surface area contributed by atoms with E-state index in [1.54, 1.807) is 19.3 Å². The summed E-state index contributed by atoms with van der Waals surface area (Å²) in [5.74, 6) is 1.02. The van der Waals surface area contributed by atoms with Gasteiger partial charge in [0.05, 0.1) is 6.04 Å². The van der Waals surface area contributed by atoms with Gasteiger partial charge in [0, 0.05) is 57.2 Å². The van der Waals surface area contributed by atoms with Crippen LogP contribution in [0.1, 0.15) is 30.5 Å². The molecule has 3 heterocycles. The van der Waals surface area contributed by atoms with Crippen molar-refractivity contribution < 1.29 is 9.59 Å². The van der Waals surface area contributed by atoms with E-state index in [1.807, 2.05) is 40.1 Å². The number of amides is 2. The molecule has 2 aromatic rings. The molecule has 2 aliphatic rings. The summed E-state index contributed by atoms with van der Waals surface area (Å²) in [4.78, 5) is 32.9. The third-order valence-corrected chi connectivity index (χ3v) is 5.94. The van der Waals surface area contributed by atoms with Crippen LogP contribution in [0.3, 0.4) is 0 Å². The van der Waals surface area contributed by atoms with Crippen molar-refractivity contribution in [1.29, 1.82) is 0 Å². The molecule has 27 heavy (non-hydrogen) atoms. The van der Waals surface area contributed by atoms with Crippen LogP contribution in [0.15, 0.2) is 54.9 Å². The fourth-order valence-electron chi connectivity index (χ4n) is 4.61. The number of rotatable bonds is 4. The lowest BCUT2D eigenvalue weighted by molar-refractivity contribution is -0.131. The van der Waals surface area contributed by atoms with E-state index in [4.69, 9.17) is 0 Å². The molecule has 1 aromatic carbocycles. The van der Waals surface area contributed by atoms with E-state index in [1.165, 1.54) is 5.56 Å². The molecule has 5 nitrogen and oxygen atoms in total. The fraction of sp³-hybridized carbons (Fsp3) is 0.409. The zero-order valence-electron chi connectivity index (χ0n) is 15.6. The van der Waals surface area contributed by atoms with Crippen LogP contribution < -0.4 is 0 Å². The molecule has 0 bridgehead atoms. The molecular formula is C22H25N3O2. The van der Waals surface area contributed by atoms with E-state index in [0.717, 1.165) is 31.6 Å². The molecule has 2 aliphatic heterocycles. The number of pyridine rings is 1. The Kier molecular flexibility index (Phi) is 4.92. The highest BCUT2D eigenvalue weighted by molar-refractivity contribution is 5.77. The summed E-state index contributed by atoms with van der Waals surface area (Å²) in [7, 11) is 0. The standard InChI is InChI=1S/C22H25N3O2/c1-16(26)25-14-19-13-24(21(27)8-7-17-9-11-23-12-10-17)15-20(19)22(25)18-5-3-2-4-6-18/h2-6,9-12,19-20,22H,7-8,13-15H2,1H3/t19-,20-,22+/m1/s1. The number of hydrogen-bond acceptors (Lipinski definition) is 3.